The van der Waals surface area contributed by atoms with Gasteiger partial charge in [-0.15, -0.1) is 0 Å². The summed E-state index contributed by atoms with van der Waals surface area (Å²) in [5.74, 6) is -1.90. The van der Waals surface area contributed by atoms with Crippen molar-refractivity contribution in [3.63, 3.8) is 0 Å². The summed E-state index contributed by atoms with van der Waals surface area (Å²) in [4.78, 5) is 22.0. The second-order valence-electron chi connectivity index (χ2n) is 4.08. The van der Waals surface area contributed by atoms with Crippen LogP contribution in [0.4, 0.5) is 5.69 Å². The van der Waals surface area contributed by atoms with Crippen LogP contribution in [0.25, 0.3) is 0 Å². The van der Waals surface area contributed by atoms with Crippen molar-refractivity contribution in [1.29, 1.82) is 0 Å². The predicted octanol–water partition coefficient (Wildman–Crippen LogP) is -9.51. The number of azo groups is 1. The second-order valence-corrected chi connectivity index (χ2v) is 5.50. The maximum Gasteiger partial charge on any atom is 1.00 e. The third-order valence-corrected chi connectivity index (χ3v) is 3.50. The molecule has 1 amide bonds. The molecule has 0 aromatic heterocycles. The molecule has 0 bridgehead atoms. The topological polar surface area (TPSA) is 158 Å². The molecule has 2 unspecified atom stereocenters. The Morgan fingerprint density at radius 2 is 1.67 bits per heavy atom. The van der Waals surface area contributed by atoms with Crippen molar-refractivity contribution in [3.05, 3.63) is 24.3 Å². The van der Waals surface area contributed by atoms with Crippen LogP contribution in [0.2, 0.25) is 0 Å². The van der Waals surface area contributed by atoms with Crippen LogP contribution in [0.5, 0.6) is 0 Å². The van der Waals surface area contributed by atoms with Gasteiger partial charge in [-0.2, -0.15) is 18.6 Å². The Kier molecular flexibility index (Phi) is 12.7. The molecule has 1 saturated heterocycles. The van der Waals surface area contributed by atoms with E-state index in [4.69, 9.17) is 9.66 Å². The first-order valence-corrected chi connectivity index (χ1v) is 6.99. The molecule has 1 aromatic rings. The van der Waals surface area contributed by atoms with Crippen molar-refractivity contribution < 1.29 is 116 Å². The Morgan fingerprint density at radius 1 is 1.12 bits per heavy atom. The van der Waals surface area contributed by atoms with Crippen LogP contribution < -0.4 is 99.5 Å². The number of carboxylic acids is 1. The van der Waals surface area contributed by atoms with Crippen molar-refractivity contribution in [2.75, 3.05) is 0 Å². The van der Waals surface area contributed by atoms with Gasteiger partial charge in [0.1, 0.15) is 0 Å². The fourth-order valence-corrected chi connectivity index (χ4v) is 2.06. The molecule has 1 fully saturated rings. The normalized spacial score (nSPS) is 19.6. The largest absolute Gasteiger partial charge is 1.00 e. The van der Waals surface area contributed by atoms with Crippen LogP contribution in [0.1, 0.15) is 0 Å². The molecule has 1 aliphatic rings. The van der Waals surface area contributed by atoms with Crippen molar-refractivity contribution >= 4 is 27.7 Å². The summed E-state index contributed by atoms with van der Waals surface area (Å²) in [7, 11) is -4.30. The van der Waals surface area contributed by atoms with Gasteiger partial charge in [0.15, 0.2) is 12.1 Å². The fraction of sp³-hybridized carbons (Fsp3) is 0.200. The van der Waals surface area contributed by atoms with E-state index in [0.29, 0.717) is 0 Å². The number of hydrogen-bond acceptors (Lipinski definition) is 7. The second kappa shape index (κ2) is 11.4. The maximum atomic E-state index is 11.4. The van der Waals surface area contributed by atoms with E-state index in [1.165, 1.54) is 12.1 Å². The van der Waals surface area contributed by atoms with E-state index in [1.807, 2.05) is 0 Å². The van der Waals surface area contributed by atoms with Gasteiger partial charge in [0, 0.05) is 0 Å². The summed E-state index contributed by atoms with van der Waals surface area (Å²) in [6, 6.07) is 2.24. The minimum absolute atomic E-state index is 0. The third kappa shape index (κ3) is 7.09. The first-order valence-electron chi connectivity index (χ1n) is 5.55. The van der Waals surface area contributed by atoms with Crippen LogP contribution in [-0.4, -0.2) is 42.0 Å². The first kappa shape index (κ1) is 26.9. The molecule has 2 atom stereocenters. The average Bonchev–Trinajstić information content (AvgIpc) is 2.77. The van der Waals surface area contributed by atoms with Gasteiger partial charge in [-0.3, -0.25) is 19.6 Å². The average molecular weight is 383 g/mol. The fourth-order valence-electron chi connectivity index (χ4n) is 1.58. The van der Waals surface area contributed by atoms with Crippen molar-refractivity contribution in [3.8, 4) is 0 Å². The molecule has 2 rings (SSSR count). The minimum Gasteiger partial charge on any atom is -0.480 e. The Hall–Kier alpha value is 0.630. The summed E-state index contributed by atoms with van der Waals surface area (Å²) in [6.45, 7) is 0. The number of aliphatic carboxylic acids is 1. The molecule has 4 N–H and O–H groups in total. The third-order valence-electron chi connectivity index (χ3n) is 2.63. The van der Waals surface area contributed by atoms with Crippen molar-refractivity contribution in [1.82, 2.24) is 10.9 Å². The van der Waals surface area contributed by atoms with Gasteiger partial charge in [0.05, 0.1) is 10.6 Å². The SMILES string of the molecule is O=C1NNC(C(=O)O)C1N=Nc1ccc(S(=O)(=O)O)cc1.[Na+].[Na+].[Na+]. The maximum absolute atomic E-state index is 11.4. The molecule has 10 nitrogen and oxygen atoms in total. The van der Waals surface area contributed by atoms with E-state index in [0.717, 1.165) is 12.1 Å². The molecule has 0 saturated carbocycles. The standard InChI is InChI=1S/C10H10N4O6S.3Na/c15-9-7(8(10(16)17)13-14-9)12-11-5-1-3-6(4-2-5)21(18,19)20;;;/h1-4,7-8,13H,(H,14,15)(H,16,17)(H,18,19,20);;;/q;3*+1. The molecule has 1 aromatic carbocycles. The van der Waals surface area contributed by atoms with E-state index in [9.17, 15) is 18.0 Å². The molecular weight excluding hydrogens is 373 g/mol. The number of amides is 1. The summed E-state index contributed by atoms with van der Waals surface area (Å²) in [5.41, 5.74) is 4.59. The van der Waals surface area contributed by atoms with Crippen LogP contribution in [0.15, 0.2) is 39.4 Å². The quantitative estimate of drug-likeness (QED) is 0.228. The molecule has 0 aliphatic carbocycles. The number of hydrogen-bond donors (Lipinski definition) is 4. The predicted molar refractivity (Wildman–Crippen MR) is 67.3 cm³/mol. The number of carbonyl (C=O) groups is 2. The van der Waals surface area contributed by atoms with E-state index in [1.54, 1.807) is 0 Å². The van der Waals surface area contributed by atoms with Crippen LogP contribution in [0, 0.1) is 0 Å². The van der Waals surface area contributed by atoms with E-state index >= 15 is 0 Å². The van der Waals surface area contributed by atoms with E-state index < -0.39 is 34.1 Å². The molecule has 0 spiro atoms. The molecular formula is C10H10N4Na3O6S+3. The molecule has 112 valence electrons. The number of carboxylic acid groups (broad SMARTS) is 1. The zero-order chi connectivity index (χ0) is 15.6. The molecule has 1 heterocycles. The number of carbonyl (C=O) groups excluding carboxylic acids is 1. The number of nitrogens with one attached hydrogen (secondary N) is 2. The number of hydrazine groups is 1. The monoisotopic (exact) mass is 383 g/mol. The van der Waals surface area contributed by atoms with Crippen LogP contribution >= 0.6 is 0 Å². The van der Waals surface area contributed by atoms with Gasteiger partial charge < -0.3 is 5.11 Å². The van der Waals surface area contributed by atoms with Crippen molar-refractivity contribution in [2.24, 2.45) is 10.2 Å². The van der Waals surface area contributed by atoms with Gasteiger partial charge in [0.2, 0.25) is 0 Å². The van der Waals surface area contributed by atoms with Crippen molar-refractivity contribution in [2.45, 2.75) is 17.0 Å². The minimum atomic E-state index is -4.30. The number of rotatable bonds is 4. The molecule has 24 heavy (non-hydrogen) atoms. The van der Waals surface area contributed by atoms with E-state index in [2.05, 4.69) is 21.1 Å². The van der Waals surface area contributed by atoms with Crippen LogP contribution in [0.3, 0.4) is 0 Å². The van der Waals surface area contributed by atoms with Gasteiger partial charge in [-0.25, -0.2) is 5.43 Å². The van der Waals surface area contributed by atoms with Gasteiger partial charge in [-0.05, 0) is 24.3 Å². The smallest absolute Gasteiger partial charge is 0.480 e. The van der Waals surface area contributed by atoms with Gasteiger partial charge in [0.25, 0.3) is 16.0 Å². The molecule has 1 aliphatic heterocycles. The number of benzene rings is 1. The summed E-state index contributed by atoms with van der Waals surface area (Å²) >= 11 is 0. The Labute approximate surface area is 203 Å². The zero-order valence-electron chi connectivity index (χ0n) is 13.3. The zero-order valence-corrected chi connectivity index (χ0v) is 20.1. The summed E-state index contributed by atoms with van der Waals surface area (Å²) in [5, 5.41) is 16.2. The Morgan fingerprint density at radius 3 is 2.12 bits per heavy atom. The number of nitrogens with zero attached hydrogens (tertiary/aromatic N) is 2. The van der Waals surface area contributed by atoms with Gasteiger partial charge >= 0.3 is 94.6 Å². The van der Waals surface area contributed by atoms with E-state index in [-0.39, 0.29) is 99.3 Å². The van der Waals surface area contributed by atoms with Gasteiger partial charge in [-0.1, -0.05) is 0 Å². The van der Waals surface area contributed by atoms with Crippen LogP contribution in [-0.2, 0) is 19.7 Å². The Balaban J connectivity index is 0. The summed E-state index contributed by atoms with van der Waals surface area (Å²) < 4.78 is 30.5. The summed E-state index contributed by atoms with van der Waals surface area (Å²) in [6.07, 6.45) is 0. The molecule has 14 heteroatoms. The molecule has 0 radical (unpaired) electrons. The first-order chi connectivity index (χ1) is 9.79. The Bertz CT molecular complexity index is 712.